The minimum absolute atomic E-state index is 0.162. The van der Waals surface area contributed by atoms with Gasteiger partial charge in [-0.05, 0) is 24.5 Å². The van der Waals surface area contributed by atoms with Gasteiger partial charge in [-0.2, -0.15) is 0 Å². The summed E-state index contributed by atoms with van der Waals surface area (Å²) in [6.07, 6.45) is 2.80. The van der Waals surface area contributed by atoms with E-state index < -0.39 is 30.1 Å². The average molecular weight is 461 g/mol. The Morgan fingerprint density at radius 3 is 2.73 bits per heavy atom. The van der Waals surface area contributed by atoms with E-state index in [1.54, 1.807) is 18.1 Å². The van der Waals surface area contributed by atoms with Crippen LogP contribution in [0.25, 0.3) is 10.9 Å². The van der Waals surface area contributed by atoms with E-state index in [-0.39, 0.29) is 18.9 Å². The van der Waals surface area contributed by atoms with Gasteiger partial charge in [-0.1, -0.05) is 37.5 Å². The molecule has 3 rings (SSSR count). The van der Waals surface area contributed by atoms with Crippen LogP contribution in [0.3, 0.4) is 0 Å². The number of benzene rings is 1. The first-order valence-corrected chi connectivity index (χ1v) is 11.3. The van der Waals surface area contributed by atoms with Gasteiger partial charge in [0.05, 0.1) is 0 Å². The summed E-state index contributed by atoms with van der Waals surface area (Å²) in [4.78, 5) is 42.9. The average Bonchev–Trinajstić information content (AvgIpc) is 3.23. The molecule has 2 aromatic rings. The molecule has 0 saturated carbocycles. The summed E-state index contributed by atoms with van der Waals surface area (Å²) in [5, 5.41) is 22.8. The van der Waals surface area contributed by atoms with Crippen LogP contribution in [0.1, 0.15) is 37.7 Å². The smallest absolute Gasteiger partial charge is 0.275 e. The van der Waals surface area contributed by atoms with Crippen LogP contribution in [0.2, 0.25) is 0 Å². The van der Waals surface area contributed by atoms with Crippen molar-refractivity contribution in [3.8, 4) is 0 Å². The highest BCUT2D eigenvalue weighted by Crippen LogP contribution is 2.20. The number of amides is 3. The van der Waals surface area contributed by atoms with Crippen molar-refractivity contribution in [3.63, 3.8) is 0 Å². The first-order chi connectivity index (χ1) is 15.9. The number of fused-ring (bicyclic) bond motifs is 1. The molecule has 0 bridgehead atoms. The SMILES string of the molecule is CN1CCCCCCCOC(C(O)C(=O)NO)C(=O)NC(Cc2c[nH]c3ccccc23)C1=O. The molecule has 0 radical (unpaired) electrons. The van der Waals surface area contributed by atoms with Crippen molar-refractivity contribution in [2.75, 3.05) is 20.2 Å². The van der Waals surface area contributed by atoms with E-state index in [2.05, 4.69) is 10.3 Å². The van der Waals surface area contributed by atoms with E-state index in [4.69, 9.17) is 9.94 Å². The summed E-state index contributed by atoms with van der Waals surface area (Å²) < 4.78 is 5.53. The van der Waals surface area contributed by atoms with Crippen LogP contribution in [-0.4, -0.2) is 76.4 Å². The number of likely N-dealkylation sites (N-methyl/N-ethyl adjacent to an activating group) is 1. The zero-order valence-electron chi connectivity index (χ0n) is 18.8. The second-order valence-electron chi connectivity index (χ2n) is 8.36. The number of nitrogens with one attached hydrogen (secondary N) is 3. The summed E-state index contributed by atoms with van der Waals surface area (Å²) in [5.74, 6) is -2.23. The molecule has 10 nitrogen and oxygen atoms in total. The Hall–Kier alpha value is -2.95. The fourth-order valence-corrected chi connectivity index (χ4v) is 4.06. The molecule has 3 atom stereocenters. The van der Waals surface area contributed by atoms with Crippen LogP contribution < -0.4 is 10.8 Å². The number of aromatic amines is 1. The zero-order chi connectivity index (χ0) is 23.8. The number of hydroxylamine groups is 1. The number of H-pyrrole nitrogens is 1. The minimum atomic E-state index is -1.93. The third-order valence-corrected chi connectivity index (χ3v) is 5.95. The van der Waals surface area contributed by atoms with Crippen molar-refractivity contribution < 1.29 is 29.4 Å². The number of hydrogen-bond acceptors (Lipinski definition) is 6. The number of ether oxygens (including phenoxy) is 1. The van der Waals surface area contributed by atoms with Gasteiger partial charge in [0.1, 0.15) is 6.04 Å². The van der Waals surface area contributed by atoms with Crippen molar-refractivity contribution in [3.05, 3.63) is 36.0 Å². The van der Waals surface area contributed by atoms with Gasteiger partial charge in [-0.3, -0.25) is 19.6 Å². The number of carbonyl (C=O) groups is 3. The van der Waals surface area contributed by atoms with Gasteiger partial charge in [0.25, 0.3) is 11.8 Å². The lowest BCUT2D eigenvalue weighted by molar-refractivity contribution is -0.157. The van der Waals surface area contributed by atoms with Gasteiger partial charge in [0.15, 0.2) is 12.2 Å². The predicted octanol–water partition coefficient (Wildman–Crippen LogP) is 0.869. The largest absolute Gasteiger partial charge is 0.380 e. The number of nitrogens with zero attached hydrogens (tertiary/aromatic N) is 1. The van der Waals surface area contributed by atoms with E-state index in [0.29, 0.717) is 13.0 Å². The van der Waals surface area contributed by atoms with Gasteiger partial charge in [-0.15, -0.1) is 0 Å². The topological polar surface area (TPSA) is 144 Å². The predicted molar refractivity (Wildman–Crippen MR) is 120 cm³/mol. The summed E-state index contributed by atoms with van der Waals surface area (Å²) in [7, 11) is 1.70. The second-order valence-corrected chi connectivity index (χ2v) is 8.36. The minimum Gasteiger partial charge on any atom is -0.380 e. The molecule has 1 fully saturated rings. The Morgan fingerprint density at radius 1 is 1.21 bits per heavy atom. The quantitative estimate of drug-likeness (QED) is 0.338. The van der Waals surface area contributed by atoms with Gasteiger partial charge in [-0.25, -0.2) is 5.48 Å². The molecule has 3 unspecified atom stereocenters. The van der Waals surface area contributed by atoms with E-state index in [0.717, 1.165) is 42.1 Å². The molecule has 1 aromatic heterocycles. The maximum atomic E-state index is 13.3. The molecule has 1 aliphatic rings. The summed E-state index contributed by atoms with van der Waals surface area (Å²) in [5.41, 5.74) is 3.11. The highest BCUT2D eigenvalue weighted by molar-refractivity contribution is 5.94. The van der Waals surface area contributed by atoms with Gasteiger partial charge in [0.2, 0.25) is 5.91 Å². The molecule has 1 aromatic carbocycles. The van der Waals surface area contributed by atoms with Crippen LogP contribution in [0, 0.1) is 0 Å². The molecule has 180 valence electrons. The van der Waals surface area contributed by atoms with Crippen LogP contribution in [0.5, 0.6) is 0 Å². The maximum absolute atomic E-state index is 13.3. The Kier molecular flexibility index (Phi) is 8.81. The number of para-hydroxylation sites is 1. The number of rotatable bonds is 4. The van der Waals surface area contributed by atoms with Crippen molar-refractivity contribution in [2.45, 2.75) is 56.8 Å². The Bertz CT molecular complexity index is 961. The second kappa shape index (κ2) is 11.8. The molecule has 5 N–H and O–H groups in total. The third kappa shape index (κ3) is 6.31. The lowest BCUT2D eigenvalue weighted by Crippen LogP contribution is -2.56. The Morgan fingerprint density at radius 2 is 1.94 bits per heavy atom. The van der Waals surface area contributed by atoms with Crippen molar-refractivity contribution in [2.24, 2.45) is 0 Å². The fourth-order valence-electron chi connectivity index (χ4n) is 4.06. The highest BCUT2D eigenvalue weighted by Gasteiger charge is 2.36. The Labute approximate surface area is 192 Å². The molecule has 1 saturated heterocycles. The molecule has 0 aliphatic carbocycles. The van der Waals surface area contributed by atoms with Crippen molar-refractivity contribution in [1.82, 2.24) is 20.7 Å². The van der Waals surface area contributed by atoms with E-state index >= 15 is 0 Å². The fraction of sp³-hybridized carbons (Fsp3) is 0.522. The molecular formula is C23H32N4O6. The lowest BCUT2D eigenvalue weighted by Gasteiger charge is -2.28. The van der Waals surface area contributed by atoms with Crippen LogP contribution in [-0.2, 0) is 25.5 Å². The summed E-state index contributed by atoms with van der Waals surface area (Å²) >= 11 is 0. The first kappa shape index (κ1) is 24.7. The lowest BCUT2D eigenvalue weighted by atomic mass is 10.0. The molecule has 0 spiro atoms. The Balaban J connectivity index is 1.87. The van der Waals surface area contributed by atoms with Crippen molar-refractivity contribution in [1.29, 1.82) is 0 Å². The number of carbonyl (C=O) groups excluding carboxylic acids is 3. The zero-order valence-corrected chi connectivity index (χ0v) is 18.8. The summed E-state index contributed by atoms with van der Waals surface area (Å²) in [6, 6.07) is 6.72. The van der Waals surface area contributed by atoms with Crippen LogP contribution >= 0.6 is 0 Å². The molecular weight excluding hydrogens is 428 g/mol. The first-order valence-electron chi connectivity index (χ1n) is 11.3. The van der Waals surface area contributed by atoms with Gasteiger partial charge in [0, 0.05) is 43.7 Å². The molecule has 3 amide bonds. The van der Waals surface area contributed by atoms with E-state index in [1.165, 1.54) is 5.48 Å². The van der Waals surface area contributed by atoms with Gasteiger partial charge >= 0.3 is 0 Å². The molecule has 1 aliphatic heterocycles. The number of aliphatic hydroxyl groups is 1. The van der Waals surface area contributed by atoms with Gasteiger partial charge < -0.3 is 25.0 Å². The molecule has 2 heterocycles. The van der Waals surface area contributed by atoms with Crippen molar-refractivity contribution >= 4 is 28.6 Å². The third-order valence-electron chi connectivity index (χ3n) is 5.95. The normalized spacial score (nSPS) is 22.5. The van der Waals surface area contributed by atoms with E-state index in [9.17, 15) is 19.5 Å². The number of aliphatic hydroxyl groups excluding tert-OH is 1. The van der Waals surface area contributed by atoms with Crippen LogP contribution in [0.4, 0.5) is 0 Å². The van der Waals surface area contributed by atoms with Crippen LogP contribution in [0.15, 0.2) is 30.5 Å². The highest BCUT2D eigenvalue weighted by atomic mass is 16.5. The summed E-state index contributed by atoms with van der Waals surface area (Å²) in [6.45, 7) is 0.726. The molecule has 33 heavy (non-hydrogen) atoms. The standard InChI is InChI=1S/C23H32N4O6/c1-27-11-7-3-2-4-8-12-33-20(19(28)21(29)26-32)22(30)25-18(23(27)31)13-15-14-24-17-10-6-5-9-16(15)17/h5-6,9-10,14,18-20,24,28,32H,2-4,7-8,11-13H2,1H3,(H,25,30)(H,26,29). The maximum Gasteiger partial charge on any atom is 0.275 e. The number of hydrogen-bond donors (Lipinski definition) is 5. The number of aromatic nitrogens is 1. The monoisotopic (exact) mass is 460 g/mol. The molecule has 10 heteroatoms. The van der Waals surface area contributed by atoms with E-state index in [1.807, 2.05) is 24.3 Å².